The fraction of sp³-hybridized carbons (Fsp3) is 0.438. The topological polar surface area (TPSA) is 73.2 Å². The fourth-order valence-corrected chi connectivity index (χ4v) is 3.75. The number of halogens is 1. The summed E-state index contributed by atoms with van der Waals surface area (Å²) in [7, 11) is -1.83. The monoisotopic (exact) mass is 371 g/mol. The van der Waals surface area contributed by atoms with Gasteiger partial charge in [-0.05, 0) is 49.9 Å². The molecule has 0 saturated carbocycles. The summed E-state index contributed by atoms with van der Waals surface area (Å²) in [5.74, 6) is 0.319. The van der Waals surface area contributed by atoms with Crippen LogP contribution in [0.3, 0.4) is 0 Å². The van der Waals surface area contributed by atoms with Crippen molar-refractivity contribution in [3.8, 4) is 5.75 Å². The van der Waals surface area contributed by atoms with E-state index in [0.29, 0.717) is 30.3 Å². The third kappa shape index (κ3) is 4.72. The maximum atomic E-state index is 12.5. The number of benzene rings is 1. The molecule has 0 aliphatic carbocycles. The minimum absolute atomic E-state index is 0.0707. The molecule has 2 aromatic rings. The number of aromatic nitrogens is 2. The van der Waals surface area contributed by atoms with Crippen molar-refractivity contribution in [3.63, 3.8) is 0 Å². The third-order valence-electron chi connectivity index (χ3n) is 3.51. The number of aryl methyl sites for hydroxylation is 3. The maximum Gasteiger partial charge on any atom is 0.244 e. The molecule has 1 heterocycles. The molecule has 0 unspecified atom stereocenters. The van der Waals surface area contributed by atoms with Gasteiger partial charge in [0.15, 0.2) is 0 Å². The number of hydrogen-bond donors (Lipinski definition) is 1. The van der Waals surface area contributed by atoms with Gasteiger partial charge in [0, 0.05) is 24.8 Å². The van der Waals surface area contributed by atoms with Crippen molar-refractivity contribution in [1.82, 2.24) is 14.5 Å². The fourth-order valence-electron chi connectivity index (χ4n) is 2.29. The van der Waals surface area contributed by atoms with Gasteiger partial charge in [0.05, 0.1) is 12.8 Å². The van der Waals surface area contributed by atoms with Crippen molar-refractivity contribution in [2.24, 2.45) is 7.05 Å². The highest BCUT2D eigenvalue weighted by Crippen LogP contribution is 2.30. The second-order valence-corrected chi connectivity index (χ2v) is 7.65. The molecule has 2 rings (SSSR count). The van der Waals surface area contributed by atoms with Gasteiger partial charge < -0.3 is 4.74 Å². The lowest BCUT2D eigenvalue weighted by Gasteiger charge is -2.13. The number of rotatable bonds is 8. The van der Waals surface area contributed by atoms with E-state index >= 15 is 0 Å². The Bertz CT molecular complexity index is 803. The maximum absolute atomic E-state index is 12.5. The van der Waals surface area contributed by atoms with Crippen LogP contribution in [0.1, 0.15) is 24.5 Å². The van der Waals surface area contributed by atoms with Crippen LogP contribution in [0.4, 0.5) is 0 Å². The molecule has 0 saturated heterocycles. The molecule has 0 spiro atoms. The van der Waals surface area contributed by atoms with Gasteiger partial charge in [-0.25, -0.2) is 13.1 Å². The summed E-state index contributed by atoms with van der Waals surface area (Å²) in [6, 6.07) is 3.08. The normalized spacial score (nSPS) is 11.7. The lowest BCUT2D eigenvalue weighted by molar-refractivity contribution is 0.330. The van der Waals surface area contributed by atoms with Crippen molar-refractivity contribution < 1.29 is 13.2 Å². The number of hydrogen-bond acceptors (Lipinski definition) is 4. The lowest BCUT2D eigenvalue weighted by Crippen LogP contribution is -2.25. The summed E-state index contributed by atoms with van der Waals surface area (Å²) < 4.78 is 34.9. The molecule has 0 amide bonds. The van der Waals surface area contributed by atoms with Crippen LogP contribution in [-0.2, 0) is 23.5 Å². The van der Waals surface area contributed by atoms with Crippen molar-refractivity contribution in [2.45, 2.75) is 31.6 Å². The van der Waals surface area contributed by atoms with Gasteiger partial charge >= 0.3 is 0 Å². The van der Waals surface area contributed by atoms with Crippen LogP contribution in [0.2, 0.25) is 5.02 Å². The second-order valence-electron chi connectivity index (χ2n) is 5.50. The first kappa shape index (κ1) is 18.8. The highest BCUT2D eigenvalue weighted by atomic mass is 35.5. The average Bonchev–Trinajstić information content (AvgIpc) is 2.93. The Morgan fingerprint density at radius 2 is 2.12 bits per heavy atom. The molecule has 132 valence electrons. The summed E-state index contributed by atoms with van der Waals surface area (Å²) in [6.07, 6.45) is 5.13. The minimum atomic E-state index is -3.68. The van der Waals surface area contributed by atoms with E-state index in [-0.39, 0.29) is 4.90 Å². The smallest absolute Gasteiger partial charge is 0.244 e. The van der Waals surface area contributed by atoms with Gasteiger partial charge in [-0.2, -0.15) is 5.10 Å². The summed E-state index contributed by atoms with van der Waals surface area (Å²) in [6.45, 7) is 4.32. The lowest BCUT2D eigenvalue weighted by atomic mass is 10.2. The van der Waals surface area contributed by atoms with E-state index in [1.807, 2.05) is 27.1 Å². The van der Waals surface area contributed by atoms with E-state index in [4.69, 9.17) is 16.3 Å². The molecule has 0 radical (unpaired) electrons. The van der Waals surface area contributed by atoms with Crippen LogP contribution in [-0.4, -0.2) is 31.3 Å². The summed E-state index contributed by atoms with van der Waals surface area (Å²) >= 11 is 6.08. The number of nitrogens with one attached hydrogen (secondary N) is 1. The van der Waals surface area contributed by atoms with Crippen LogP contribution in [0, 0.1) is 6.92 Å². The highest BCUT2D eigenvalue weighted by Gasteiger charge is 2.21. The molecule has 1 aromatic heterocycles. The molecular formula is C16H22ClN3O3S. The predicted octanol–water partition coefficient (Wildman–Crippen LogP) is 2.69. The zero-order valence-electron chi connectivity index (χ0n) is 14.0. The molecule has 24 heavy (non-hydrogen) atoms. The molecule has 0 aliphatic heterocycles. The second kappa shape index (κ2) is 8.00. The first-order valence-electron chi connectivity index (χ1n) is 7.73. The Labute approximate surface area is 147 Å². The Balaban J connectivity index is 2.05. The van der Waals surface area contributed by atoms with Crippen LogP contribution in [0.5, 0.6) is 5.75 Å². The van der Waals surface area contributed by atoms with Crippen LogP contribution < -0.4 is 9.46 Å². The SMILES string of the molecule is CCOc1cc(C)c(Cl)cc1S(=O)(=O)NCCCc1cnn(C)c1. The Morgan fingerprint density at radius 3 is 2.75 bits per heavy atom. The quantitative estimate of drug-likeness (QED) is 0.724. The average molecular weight is 372 g/mol. The van der Waals surface area contributed by atoms with Gasteiger partial charge in [0.2, 0.25) is 10.0 Å². The van der Waals surface area contributed by atoms with Gasteiger partial charge in [-0.3, -0.25) is 4.68 Å². The highest BCUT2D eigenvalue weighted by molar-refractivity contribution is 7.89. The largest absolute Gasteiger partial charge is 0.492 e. The van der Waals surface area contributed by atoms with Gasteiger partial charge in [0.1, 0.15) is 10.6 Å². The molecule has 0 bridgehead atoms. The van der Waals surface area contributed by atoms with Crippen molar-refractivity contribution >= 4 is 21.6 Å². The van der Waals surface area contributed by atoms with Crippen LogP contribution in [0.15, 0.2) is 29.4 Å². The summed E-state index contributed by atoms with van der Waals surface area (Å²) in [5.41, 5.74) is 1.85. The number of ether oxygens (including phenoxy) is 1. The zero-order valence-corrected chi connectivity index (χ0v) is 15.6. The number of sulfonamides is 1. The Kier molecular flexibility index (Phi) is 6.26. The van der Waals surface area contributed by atoms with Gasteiger partial charge in [-0.15, -0.1) is 0 Å². The Hall–Kier alpha value is -1.57. The summed E-state index contributed by atoms with van der Waals surface area (Å²) in [5, 5.41) is 4.49. The van der Waals surface area contributed by atoms with Gasteiger partial charge in [-0.1, -0.05) is 11.6 Å². The molecule has 0 aliphatic rings. The van der Waals surface area contributed by atoms with E-state index in [0.717, 1.165) is 17.5 Å². The standard InChI is InChI=1S/C16H22ClN3O3S/c1-4-23-15-8-12(2)14(17)9-16(15)24(21,22)19-7-5-6-13-10-18-20(3)11-13/h8-11,19H,4-7H2,1-3H3. The van der Waals surface area contributed by atoms with E-state index < -0.39 is 10.0 Å². The Morgan fingerprint density at radius 1 is 1.38 bits per heavy atom. The van der Waals surface area contributed by atoms with Crippen LogP contribution in [0.25, 0.3) is 0 Å². The molecule has 1 aromatic carbocycles. The molecular weight excluding hydrogens is 350 g/mol. The third-order valence-corrected chi connectivity index (χ3v) is 5.40. The summed E-state index contributed by atoms with van der Waals surface area (Å²) in [4.78, 5) is 0.0707. The van der Waals surface area contributed by atoms with E-state index in [1.165, 1.54) is 6.07 Å². The van der Waals surface area contributed by atoms with Crippen LogP contribution >= 0.6 is 11.6 Å². The molecule has 1 N–H and O–H groups in total. The van der Waals surface area contributed by atoms with E-state index in [9.17, 15) is 8.42 Å². The molecule has 0 atom stereocenters. The van der Waals surface area contributed by atoms with E-state index in [1.54, 1.807) is 16.9 Å². The molecule has 8 heteroatoms. The number of nitrogens with zero attached hydrogens (tertiary/aromatic N) is 2. The first-order chi connectivity index (χ1) is 11.3. The van der Waals surface area contributed by atoms with Crippen molar-refractivity contribution in [2.75, 3.05) is 13.2 Å². The zero-order chi connectivity index (χ0) is 17.7. The van der Waals surface area contributed by atoms with Crippen molar-refractivity contribution in [3.05, 3.63) is 40.7 Å². The predicted molar refractivity (Wildman–Crippen MR) is 94.1 cm³/mol. The first-order valence-corrected chi connectivity index (χ1v) is 9.59. The van der Waals surface area contributed by atoms with E-state index in [2.05, 4.69) is 9.82 Å². The van der Waals surface area contributed by atoms with Crippen molar-refractivity contribution in [1.29, 1.82) is 0 Å². The van der Waals surface area contributed by atoms with Gasteiger partial charge in [0.25, 0.3) is 0 Å². The molecule has 0 fully saturated rings. The minimum Gasteiger partial charge on any atom is -0.492 e. The molecule has 6 nitrogen and oxygen atoms in total.